The summed E-state index contributed by atoms with van der Waals surface area (Å²) in [6, 6.07) is 7.54. The molecule has 1 heterocycles. The molecule has 0 saturated carbocycles. The average molecular weight is 235 g/mol. The lowest BCUT2D eigenvalue weighted by Gasteiger charge is -2.30. The van der Waals surface area contributed by atoms with Gasteiger partial charge >= 0.3 is 0 Å². The molecule has 0 radical (unpaired) electrons. The molecule has 4 nitrogen and oxygen atoms in total. The highest BCUT2D eigenvalue weighted by atomic mass is 16.6. The van der Waals surface area contributed by atoms with Crippen LogP contribution in [-0.2, 0) is 4.79 Å². The predicted molar refractivity (Wildman–Crippen MR) is 64.3 cm³/mol. The molecular weight excluding hydrogens is 218 g/mol. The zero-order chi connectivity index (χ0) is 12.4. The van der Waals surface area contributed by atoms with E-state index in [4.69, 9.17) is 9.47 Å². The average Bonchev–Trinajstić information content (AvgIpc) is 2.36. The van der Waals surface area contributed by atoms with Crippen LogP contribution < -0.4 is 9.47 Å². The minimum atomic E-state index is -0.544. The first-order valence-corrected chi connectivity index (χ1v) is 5.74. The van der Waals surface area contributed by atoms with Crippen molar-refractivity contribution >= 4 is 5.91 Å². The molecule has 1 aromatic carbocycles. The maximum Gasteiger partial charge on any atom is 0.267 e. The first-order valence-electron chi connectivity index (χ1n) is 5.74. The van der Waals surface area contributed by atoms with Crippen LogP contribution in [-0.4, -0.2) is 36.6 Å². The minimum absolute atomic E-state index is 0.0468. The van der Waals surface area contributed by atoms with Gasteiger partial charge in [-0.05, 0) is 26.0 Å². The Balaban J connectivity index is 2.10. The van der Waals surface area contributed by atoms with Crippen molar-refractivity contribution < 1.29 is 14.3 Å². The van der Waals surface area contributed by atoms with Crippen molar-refractivity contribution in [3.63, 3.8) is 0 Å². The van der Waals surface area contributed by atoms with Crippen molar-refractivity contribution in [3.05, 3.63) is 24.3 Å². The normalized spacial score (nSPS) is 18.0. The molecule has 1 aliphatic heterocycles. The van der Waals surface area contributed by atoms with Crippen LogP contribution in [0.15, 0.2) is 24.3 Å². The van der Waals surface area contributed by atoms with Gasteiger partial charge in [0.25, 0.3) is 5.91 Å². The number of amides is 1. The molecule has 17 heavy (non-hydrogen) atoms. The Morgan fingerprint density at radius 3 is 2.65 bits per heavy atom. The Bertz CT molecular complexity index is 417. The van der Waals surface area contributed by atoms with Crippen molar-refractivity contribution in [1.82, 2.24) is 4.90 Å². The Kier molecular flexibility index (Phi) is 3.22. The molecule has 1 aliphatic rings. The molecule has 1 aromatic rings. The molecule has 0 saturated heterocycles. The SMILES string of the molecule is CC(C)N(C)C(=O)C1COc2ccccc2O1. The molecular formula is C13H17NO3. The number of nitrogens with zero attached hydrogens (tertiary/aromatic N) is 1. The van der Waals surface area contributed by atoms with E-state index >= 15 is 0 Å². The van der Waals surface area contributed by atoms with Gasteiger partial charge in [-0.2, -0.15) is 0 Å². The standard InChI is InChI=1S/C13H17NO3/c1-9(2)14(3)13(15)12-8-16-10-6-4-5-7-11(10)17-12/h4-7,9,12H,8H2,1-3H3. The van der Waals surface area contributed by atoms with E-state index in [-0.39, 0.29) is 18.6 Å². The molecule has 0 aliphatic carbocycles. The smallest absolute Gasteiger partial charge is 0.267 e. The van der Waals surface area contributed by atoms with E-state index < -0.39 is 6.10 Å². The Labute approximate surface area is 101 Å². The van der Waals surface area contributed by atoms with Crippen LogP contribution in [0.3, 0.4) is 0 Å². The van der Waals surface area contributed by atoms with Crippen molar-refractivity contribution in [2.75, 3.05) is 13.7 Å². The van der Waals surface area contributed by atoms with Gasteiger partial charge in [-0.15, -0.1) is 0 Å². The molecule has 0 spiro atoms. The number of hydrogen-bond acceptors (Lipinski definition) is 3. The lowest BCUT2D eigenvalue weighted by Crippen LogP contribution is -2.47. The van der Waals surface area contributed by atoms with Crippen molar-refractivity contribution in [2.24, 2.45) is 0 Å². The number of likely N-dealkylation sites (N-methyl/N-ethyl adjacent to an activating group) is 1. The highest BCUT2D eigenvalue weighted by Gasteiger charge is 2.30. The van der Waals surface area contributed by atoms with E-state index in [1.807, 2.05) is 38.1 Å². The fraction of sp³-hybridized carbons (Fsp3) is 0.462. The van der Waals surface area contributed by atoms with E-state index in [1.54, 1.807) is 11.9 Å². The number of hydrogen-bond donors (Lipinski definition) is 0. The van der Waals surface area contributed by atoms with Crippen LogP contribution in [0.5, 0.6) is 11.5 Å². The minimum Gasteiger partial charge on any atom is -0.485 e. The summed E-state index contributed by atoms with van der Waals surface area (Å²) in [5.41, 5.74) is 0. The van der Waals surface area contributed by atoms with E-state index in [0.717, 1.165) is 0 Å². The number of fused-ring (bicyclic) bond motifs is 1. The second kappa shape index (κ2) is 4.65. The molecule has 0 fully saturated rings. The summed E-state index contributed by atoms with van der Waals surface area (Å²) in [6.07, 6.45) is -0.544. The van der Waals surface area contributed by atoms with Crippen molar-refractivity contribution in [3.8, 4) is 11.5 Å². The fourth-order valence-electron chi connectivity index (χ4n) is 1.62. The number of rotatable bonds is 2. The summed E-state index contributed by atoms with van der Waals surface area (Å²) >= 11 is 0. The van der Waals surface area contributed by atoms with Crippen LogP contribution in [0.2, 0.25) is 0 Å². The quantitative estimate of drug-likeness (QED) is 0.783. The summed E-state index contributed by atoms with van der Waals surface area (Å²) in [4.78, 5) is 13.7. The van der Waals surface area contributed by atoms with E-state index in [2.05, 4.69) is 0 Å². The number of para-hydroxylation sites is 2. The number of carbonyl (C=O) groups is 1. The third-order valence-corrected chi connectivity index (χ3v) is 2.91. The maximum atomic E-state index is 12.1. The second-order valence-corrected chi connectivity index (χ2v) is 4.41. The first-order chi connectivity index (χ1) is 8.09. The van der Waals surface area contributed by atoms with Gasteiger partial charge in [0.1, 0.15) is 6.61 Å². The topological polar surface area (TPSA) is 38.8 Å². The molecule has 1 atom stereocenters. The van der Waals surface area contributed by atoms with Crippen LogP contribution in [0.25, 0.3) is 0 Å². The van der Waals surface area contributed by atoms with Crippen molar-refractivity contribution in [2.45, 2.75) is 26.0 Å². The van der Waals surface area contributed by atoms with Gasteiger partial charge in [0.15, 0.2) is 11.5 Å². The van der Waals surface area contributed by atoms with Gasteiger partial charge in [-0.25, -0.2) is 0 Å². The molecule has 1 unspecified atom stereocenters. The van der Waals surface area contributed by atoms with Crippen LogP contribution in [0, 0.1) is 0 Å². The molecule has 0 bridgehead atoms. The molecule has 0 aromatic heterocycles. The van der Waals surface area contributed by atoms with E-state index in [1.165, 1.54) is 0 Å². The lowest BCUT2D eigenvalue weighted by atomic mass is 10.2. The lowest BCUT2D eigenvalue weighted by molar-refractivity contribution is -0.141. The summed E-state index contributed by atoms with van der Waals surface area (Å²) in [7, 11) is 1.77. The Morgan fingerprint density at radius 1 is 1.35 bits per heavy atom. The zero-order valence-electron chi connectivity index (χ0n) is 10.3. The molecule has 2 rings (SSSR count). The van der Waals surface area contributed by atoms with Gasteiger partial charge in [0.2, 0.25) is 6.10 Å². The number of carbonyl (C=O) groups excluding carboxylic acids is 1. The summed E-state index contributed by atoms with van der Waals surface area (Å²) in [6.45, 7) is 4.21. The van der Waals surface area contributed by atoms with Crippen LogP contribution in [0.4, 0.5) is 0 Å². The largest absolute Gasteiger partial charge is 0.485 e. The van der Waals surface area contributed by atoms with Gasteiger partial charge in [0, 0.05) is 13.1 Å². The Hall–Kier alpha value is -1.71. The monoisotopic (exact) mass is 235 g/mol. The zero-order valence-corrected chi connectivity index (χ0v) is 10.3. The van der Waals surface area contributed by atoms with Gasteiger partial charge in [-0.1, -0.05) is 12.1 Å². The number of ether oxygens (including phenoxy) is 2. The summed E-state index contributed by atoms with van der Waals surface area (Å²) < 4.78 is 11.2. The first kappa shape index (κ1) is 11.8. The van der Waals surface area contributed by atoms with Gasteiger partial charge in [0.05, 0.1) is 0 Å². The fourth-order valence-corrected chi connectivity index (χ4v) is 1.62. The molecule has 4 heteroatoms. The van der Waals surface area contributed by atoms with Crippen LogP contribution in [0.1, 0.15) is 13.8 Å². The molecule has 0 N–H and O–H groups in total. The van der Waals surface area contributed by atoms with E-state index in [9.17, 15) is 4.79 Å². The number of benzene rings is 1. The van der Waals surface area contributed by atoms with Gasteiger partial charge < -0.3 is 14.4 Å². The highest BCUT2D eigenvalue weighted by molar-refractivity contribution is 5.81. The molecule has 1 amide bonds. The second-order valence-electron chi connectivity index (χ2n) is 4.41. The Morgan fingerprint density at radius 2 is 2.00 bits per heavy atom. The van der Waals surface area contributed by atoms with Crippen LogP contribution >= 0.6 is 0 Å². The third-order valence-electron chi connectivity index (χ3n) is 2.91. The predicted octanol–water partition coefficient (Wildman–Crippen LogP) is 1.69. The summed E-state index contributed by atoms with van der Waals surface area (Å²) in [5, 5.41) is 0. The maximum absolute atomic E-state index is 12.1. The van der Waals surface area contributed by atoms with E-state index in [0.29, 0.717) is 11.5 Å². The third kappa shape index (κ3) is 2.35. The molecule has 92 valence electrons. The van der Waals surface area contributed by atoms with Gasteiger partial charge in [-0.3, -0.25) is 4.79 Å². The highest BCUT2D eigenvalue weighted by Crippen LogP contribution is 2.31. The summed E-state index contributed by atoms with van der Waals surface area (Å²) in [5.74, 6) is 1.28. The van der Waals surface area contributed by atoms with Crippen molar-refractivity contribution in [1.29, 1.82) is 0 Å².